The quantitative estimate of drug-likeness (QED) is 0.114. The summed E-state index contributed by atoms with van der Waals surface area (Å²) in [4.78, 5) is 32.2. The lowest BCUT2D eigenvalue weighted by atomic mass is 9.84. The number of aryl methyl sites for hydroxylation is 4. The van der Waals surface area contributed by atoms with Gasteiger partial charge in [-0.3, -0.25) is 29.7 Å². The lowest BCUT2D eigenvalue weighted by Gasteiger charge is -2.27. The zero-order valence-electron chi connectivity index (χ0n) is 79.3. The Labute approximate surface area is 737 Å². The molecule has 1 unspecified atom stereocenters. The predicted molar refractivity (Wildman–Crippen MR) is 532 cm³/mol. The Morgan fingerprint density at radius 3 is 1.20 bits per heavy atom. The van der Waals surface area contributed by atoms with Gasteiger partial charge >= 0.3 is 0 Å². The molecule has 11 nitrogen and oxygen atoms in total. The van der Waals surface area contributed by atoms with Crippen molar-refractivity contribution in [3.05, 3.63) is 328 Å². The third-order valence-electron chi connectivity index (χ3n) is 21.4. The first-order valence-corrected chi connectivity index (χ1v) is 43.1. The summed E-state index contributed by atoms with van der Waals surface area (Å²) in [6.07, 6.45) is 15.2. The Balaban J connectivity index is 0.000000244. The molecule has 122 heavy (non-hydrogen) atoms. The van der Waals surface area contributed by atoms with Gasteiger partial charge in [-0.15, -0.1) is 0 Å². The molecule has 7 aromatic carbocycles. The van der Waals surface area contributed by atoms with E-state index in [4.69, 9.17) is 17.2 Å². The third-order valence-corrected chi connectivity index (χ3v) is 21.4. The van der Waals surface area contributed by atoms with E-state index < -0.39 is 0 Å². The standard InChI is InChI=1S/C14H20N2O.C13H15N.C13H19N.2C13H15N.2C11H16N2.2C11H16.CH4/c1-14(2,3)10-5-7-11-9(8-10)4-6-12(16-11)13(15)17;1-13(2,3)12-5-4-11-9-14-7-6-10(11)8-12;3*1-13(2,3)11-6-7-12-10(9-11)5-4-8-14-12;1-8(12)10-7-9(5-6-13-10)11(2,3)4;1-8(12)10-6-5-9(7-13-10)11(2,3)4;1-9-5-7-10(8-6-9)11(2,3)4;1-9-6-5-7-10(8-9)11(2,3)4;/h5,7-8,12,16H,4,6H2,1-3H3,(H2,15,17);4-9H,1-3H3;6-7,9,14H,4-5,8H2,1-3H3;2*4-9H,1-3H3;2*5-7H,1,12H2,2-4H3;2*5-8H,1-4H3;1H4. The van der Waals surface area contributed by atoms with Crippen molar-refractivity contribution in [1.82, 2.24) is 24.9 Å². The molecule has 12 aromatic rings. The number of hydrogen-bond donors (Lipinski definition) is 5. The molecule has 0 aliphatic carbocycles. The van der Waals surface area contributed by atoms with Gasteiger partial charge in [0.05, 0.1) is 33.8 Å². The van der Waals surface area contributed by atoms with Gasteiger partial charge in [-0.05, 0) is 228 Å². The van der Waals surface area contributed by atoms with Crippen LogP contribution in [0.5, 0.6) is 0 Å². The number of carbonyl (C=O) groups excluding carboxylic acids is 1. The average Bonchev–Trinajstić information content (AvgIpc) is 0.808. The Hall–Kier alpha value is -10.8. The second kappa shape index (κ2) is 43.3. The largest absolute Gasteiger partial charge is 0.397 e. The molecule has 8 N–H and O–H groups in total. The van der Waals surface area contributed by atoms with E-state index in [-0.39, 0.29) is 68.1 Å². The van der Waals surface area contributed by atoms with Gasteiger partial charge in [0, 0.05) is 71.3 Å². The van der Waals surface area contributed by atoms with E-state index >= 15 is 0 Å². The molecule has 2 aliphatic rings. The van der Waals surface area contributed by atoms with Crippen LogP contribution in [0.3, 0.4) is 0 Å². The molecule has 0 saturated heterocycles. The number of hydrogen-bond acceptors (Lipinski definition) is 10. The zero-order chi connectivity index (χ0) is 90.4. The van der Waals surface area contributed by atoms with Gasteiger partial charge in [-0.25, -0.2) is 0 Å². The highest BCUT2D eigenvalue weighted by atomic mass is 16.1. The second-order valence-corrected chi connectivity index (χ2v) is 41.6. The van der Waals surface area contributed by atoms with Gasteiger partial charge < -0.3 is 27.8 Å². The van der Waals surface area contributed by atoms with Crippen molar-refractivity contribution < 1.29 is 4.79 Å². The maximum atomic E-state index is 11.2. The Kier molecular flexibility index (Phi) is 36.1. The number of nitrogens with one attached hydrogen (secondary N) is 2. The van der Waals surface area contributed by atoms with Gasteiger partial charge in [0.1, 0.15) is 6.04 Å². The van der Waals surface area contributed by atoms with Gasteiger partial charge in [-0.2, -0.15) is 0 Å². The van der Waals surface area contributed by atoms with Crippen LogP contribution in [0.1, 0.15) is 291 Å². The smallest absolute Gasteiger partial charge is 0.239 e. The summed E-state index contributed by atoms with van der Waals surface area (Å²) in [5.74, 6) is -0.268. The van der Waals surface area contributed by atoms with Crippen LogP contribution in [-0.2, 0) is 66.4 Å². The Morgan fingerprint density at radius 2 is 0.762 bits per heavy atom. The number of rotatable bonds is 3. The predicted octanol–water partition coefficient (Wildman–Crippen LogP) is 28.0. The van der Waals surface area contributed by atoms with E-state index in [1.165, 1.54) is 112 Å². The van der Waals surface area contributed by atoms with Crippen molar-refractivity contribution in [3.63, 3.8) is 0 Å². The monoisotopic (exact) mass is 1640 g/mol. The second-order valence-electron chi connectivity index (χ2n) is 41.6. The van der Waals surface area contributed by atoms with Crippen LogP contribution in [-0.4, -0.2) is 43.4 Å². The fraction of sp³-hybridized carbons (Fsp3) is 0.405. The Bertz CT molecular complexity index is 5120. The highest BCUT2D eigenvalue weighted by molar-refractivity contribution is 5.85. The van der Waals surface area contributed by atoms with Crippen molar-refractivity contribution in [2.75, 3.05) is 17.2 Å². The number of nitrogens with two attached hydrogens (primary N) is 3. The summed E-state index contributed by atoms with van der Waals surface area (Å²) in [5.41, 5.74) is 43.0. The Morgan fingerprint density at radius 1 is 0.344 bits per heavy atom. The molecule has 0 spiro atoms. The van der Waals surface area contributed by atoms with Crippen molar-refractivity contribution >= 4 is 61.3 Å². The summed E-state index contributed by atoms with van der Waals surface area (Å²) in [7, 11) is 0. The fourth-order valence-electron chi connectivity index (χ4n) is 13.0. The first kappa shape index (κ1) is 102. The molecule has 14 rings (SSSR count). The van der Waals surface area contributed by atoms with Crippen LogP contribution < -0.4 is 27.8 Å². The zero-order valence-corrected chi connectivity index (χ0v) is 79.3. The van der Waals surface area contributed by atoms with Crippen LogP contribution in [0.2, 0.25) is 0 Å². The molecule has 7 heterocycles. The molecule has 652 valence electrons. The lowest BCUT2D eigenvalue weighted by molar-refractivity contribution is -0.118. The van der Waals surface area contributed by atoms with Gasteiger partial charge in [0.25, 0.3) is 0 Å². The van der Waals surface area contributed by atoms with Gasteiger partial charge in [-0.1, -0.05) is 340 Å². The highest BCUT2D eigenvalue weighted by Crippen LogP contribution is 2.35. The van der Waals surface area contributed by atoms with Crippen LogP contribution in [0.15, 0.2) is 244 Å². The third kappa shape index (κ3) is 32.9. The fourth-order valence-corrected chi connectivity index (χ4v) is 13.0. The van der Waals surface area contributed by atoms with E-state index in [9.17, 15) is 4.79 Å². The molecular weight excluding hydrogens is 1490 g/mol. The summed E-state index contributed by atoms with van der Waals surface area (Å²) in [5, 5.41) is 11.6. The summed E-state index contributed by atoms with van der Waals surface area (Å²) in [6, 6.07) is 68.2. The van der Waals surface area contributed by atoms with Crippen LogP contribution in [0.4, 0.5) is 11.4 Å². The minimum Gasteiger partial charge on any atom is -0.397 e. The number of benzene rings is 7. The first-order chi connectivity index (χ1) is 56.0. The van der Waals surface area contributed by atoms with E-state index in [1.54, 1.807) is 6.20 Å². The minimum atomic E-state index is -0.268. The van der Waals surface area contributed by atoms with E-state index in [0.717, 1.165) is 47.5 Å². The molecule has 0 radical (unpaired) electrons. The van der Waals surface area contributed by atoms with E-state index in [1.807, 2.05) is 67.4 Å². The summed E-state index contributed by atoms with van der Waals surface area (Å²) < 4.78 is 0. The van der Waals surface area contributed by atoms with E-state index in [2.05, 4.69) is 407 Å². The van der Waals surface area contributed by atoms with Crippen LogP contribution in [0.25, 0.3) is 44.0 Å². The van der Waals surface area contributed by atoms with Crippen molar-refractivity contribution in [2.45, 2.75) is 289 Å². The number of aromatic nitrogens is 5. The SMILES string of the molecule is C.C=C(N)c1cc(C(C)(C)C)ccn1.C=C(N)c1ccc(C(C)(C)C)cn1.CC(C)(C)c1ccc2c(c1)CCC(C(N)=O)N2.CC(C)(C)c1ccc2c(c1)CCCN2.CC(C)(C)c1ccc2cnccc2c1.CC(C)(C)c1ccc2ncccc2c1.CC(C)(C)c1ccc2ncccc2c1.Cc1ccc(C(C)(C)C)cc1.Cc1cccc(C(C)(C)C)c1. The number of fused-ring (bicyclic) bond motifs is 5. The van der Waals surface area contributed by atoms with Crippen molar-refractivity contribution in [3.8, 4) is 0 Å². The molecular formula is C111H152N10O. The number of nitrogens with zero attached hydrogens (tertiary/aromatic N) is 5. The number of anilines is 2. The number of pyridine rings is 5. The highest BCUT2D eigenvalue weighted by Gasteiger charge is 2.25. The molecule has 0 saturated carbocycles. The van der Waals surface area contributed by atoms with Crippen molar-refractivity contribution in [1.29, 1.82) is 0 Å². The topological polar surface area (TPSA) is 184 Å². The van der Waals surface area contributed by atoms with Crippen LogP contribution >= 0.6 is 0 Å². The summed E-state index contributed by atoms with van der Waals surface area (Å²) >= 11 is 0. The molecule has 1 atom stereocenters. The molecule has 2 aliphatic heterocycles. The van der Waals surface area contributed by atoms with Crippen molar-refractivity contribution in [2.24, 2.45) is 17.2 Å². The first-order valence-electron chi connectivity index (χ1n) is 43.1. The molecule has 5 aromatic heterocycles. The maximum Gasteiger partial charge on any atom is 0.239 e. The number of primary amides is 1. The van der Waals surface area contributed by atoms with Gasteiger partial charge in [0.2, 0.25) is 5.91 Å². The lowest BCUT2D eigenvalue weighted by Crippen LogP contribution is -2.38. The normalized spacial score (nSPS) is 13.1. The number of amides is 1. The molecule has 0 bridgehead atoms. The van der Waals surface area contributed by atoms with Gasteiger partial charge in [0.15, 0.2) is 0 Å². The minimum absolute atomic E-state index is 0. The van der Waals surface area contributed by atoms with Crippen LogP contribution in [0, 0.1) is 13.8 Å². The summed E-state index contributed by atoms with van der Waals surface area (Å²) in [6.45, 7) is 72.5. The average molecular weight is 1640 g/mol. The molecule has 1 amide bonds. The molecule has 11 heteroatoms. The molecule has 0 fully saturated rings. The van der Waals surface area contributed by atoms with E-state index in [0.29, 0.717) is 11.4 Å². The number of carbonyl (C=O) groups is 1. The maximum absolute atomic E-state index is 11.2.